The summed E-state index contributed by atoms with van der Waals surface area (Å²) >= 11 is 0. The molecule has 0 aliphatic heterocycles. The van der Waals surface area contributed by atoms with E-state index in [-0.39, 0.29) is 12.5 Å². The maximum Gasteiger partial charge on any atom is 0.303 e. The Kier molecular flexibility index (Phi) is 5.53. The first kappa shape index (κ1) is 13.2. The zero-order valence-electron chi connectivity index (χ0n) is 10.2. The van der Waals surface area contributed by atoms with Gasteiger partial charge < -0.3 is 9.84 Å². The van der Waals surface area contributed by atoms with Gasteiger partial charge >= 0.3 is 5.97 Å². The molecule has 0 aromatic heterocycles. The molecular formula is C13H22O3. The number of hydrogen-bond acceptors (Lipinski definition) is 2. The van der Waals surface area contributed by atoms with Crippen molar-refractivity contribution >= 4 is 5.97 Å². The molecule has 3 atom stereocenters. The summed E-state index contributed by atoms with van der Waals surface area (Å²) in [5.74, 6) is 0.526. The first-order valence-electron chi connectivity index (χ1n) is 6.08. The lowest BCUT2D eigenvalue weighted by Gasteiger charge is -2.26. The highest BCUT2D eigenvalue weighted by atomic mass is 16.5. The smallest absolute Gasteiger partial charge is 0.303 e. The molecule has 3 nitrogen and oxygen atoms in total. The zero-order chi connectivity index (χ0) is 12.0. The molecule has 1 aliphatic carbocycles. The van der Waals surface area contributed by atoms with Crippen LogP contribution in [0.1, 0.15) is 39.5 Å². The highest BCUT2D eigenvalue weighted by Gasteiger charge is 2.19. The number of ether oxygens (including phenoxy) is 1. The second kappa shape index (κ2) is 6.69. The quantitative estimate of drug-likeness (QED) is 0.708. The van der Waals surface area contributed by atoms with E-state index in [0.717, 1.165) is 19.4 Å². The molecule has 3 heteroatoms. The van der Waals surface area contributed by atoms with Crippen molar-refractivity contribution in [3.05, 3.63) is 12.2 Å². The fraction of sp³-hybridized carbons (Fsp3) is 0.769. The van der Waals surface area contributed by atoms with E-state index in [1.54, 1.807) is 0 Å². The van der Waals surface area contributed by atoms with Crippen molar-refractivity contribution in [2.24, 2.45) is 11.8 Å². The molecule has 0 spiro atoms. The Labute approximate surface area is 97.5 Å². The Balaban J connectivity index is 2.18. The van der Waals surface area contributed by atoms with E-state index in [1.807, 2.05) is 6.92 Å². The van der Waals surface area contributed by atoms with Crippen molar-refractivity contribution < 1.29 is 14.6 Å². The molecule has 3 unspecified atom stereocenters. The molecule has 1 rings (SSSR count). The normalized spacial score (nSPS) is 26.6. The van der Waals surface area contributed by atoms with E-state index in [1.165, 1.54) is 0 Å². The van der Waals surface area contributed by atoms with Crippen LogP contribution in [0, 0.1) is 11.8 Å². The van der Waals surface area contributed by atoms with Crippen LogP contribution in [-0.2, 0) is 9.53 Å². The Morgan fingerprint density at radius 3 is 2.81 bits per heavy atom. The van der Waals surface area contributed by atoms with Gasteiger partial charge in [-0.15, -0.1) is 0 Å². The van der Waals surface area contributed by atoms with Gasteiger partial charge in [-0.1, -0.05) is 19.1 Å². The van der Waals surface area contributed by atoms with Crippen LogP contribution in [0.2, 0.25) is 0 Å². The number of aliphatic carboxylic acids is 1. The van der Waals surface area contributed by atoms with Gasteiger partial charge in [0.2, 0.25) is 0 Å². The summed E-state index contributed by atoms with van der Waals surface area (Å²) in [5.41, 5.74) is 0. The third kappa shape index (κ3) is 4.79. The van der Waals surface area contributed by atoms with Crippen LogP contribution in [0.25, 0.3) is 0 Å². The van der Waals surface area contributed by atoms with Crippen LogP contribution >= 0.6 is 0 Å². The molecule has 16 heavy (non-hydrogen) atoms. The van der Waals surface area contributed by atoms with Crippen molar-refractivity contribution in [1.29, 1.82) is 0 Å². The third-order valence-corrected chi connectivity index (χ3v) is 3.28. The van der Waals surface area contributed by atoms with Crippen LogP contribution in [0.4, 0.5) is 0 Å². The Hall–Kier alpha value is -0.830. The summed E-state index contributed by atoms with van der Waals surface area (Å²) < 4.78 is 5.71. The van der Waals surface area contributed by atoms with Gasteiger partial charge in [0.05, 0.1) is 12.7 Å². The largest absolute Gasteiger partial charge is 0.481 e. The molecule has 0 aromatic rings. The van der Waals surface area contributed by atoms with Gasteiger partial charge in [0, 0.05) is 6.42 Å². The highest BCUT2D eigenvalue weighted by molar-refractivity contribution is 5.66. The van der Waals surface area contributed by atoms with Crippen LogP contribution < -0.4 is 0 Å². The minimum absolute atomic E-state index is 0.0502. The molecular weight excluding hydrogens is 204 g/mol. The number of carboxylic acids is 1. The van der Waals surface area contributed by atoms with E-state index in [9.17, 15) is 4.79 Å². The van der Waals surface area contributed by atoms with Gasteiger partial charge in [-0.05, 0) is 38.0 Å². The van der Waals surface area contributed by atoms with Crippen molar-refractivity contribution in [3.63, 3.8) is 0 Å². The maximum absolute atomic E-state index is 10.4. The minimum Gasteiger partial charge on any atom is -0.481 e. The molecule has 1 N–H and O–H groups in total. The second-order valence-corrected chi connectivity index (χ2v) is 4.76. The molecule has 0 aromatic carbocycles. The van der Waals surface area contributed by atoms with Crippen LogP contribution in [0.5, 0.6) is 0 Å². The lowest BCUT2D eigenvalue weighted by molar-refractivity contribution is -0.137. The van der Waals surface area contributed by atoms with Crippen molar-refractivity contribution in [3.8, 4) is 0 Å². The molecule has 0 saturated carbocycles. The molecule has 0 fully saturated rings. The zero-order valence-corrected chi connectivity index (χ0v) is 10.2. The Morgan fingerprint density at radius 2 is 2.19 bits per heavy atom. The van der Waals surface area contributed by atoms with Gasteiger partial charge in [0.1, 0.15) is 0 Å². The average molecular weight is 226 g/mol. The number of hydrogen-bond donors (Lipinski definition) is 1. The minimum atomic E-state index is -0.746. The first-order valence-corrected chi connectivity index (χ1v) is 6.08. The van der Waals surface area contributed by atoms with Gasteiger partial charge in [0.15, 0.2) is 0 Å². The predicted molar refractivity (Wildman–Crippen MR) is 63.3 cm³/mol. The fourth-order valence-electron chi connectivity index (χ4n) is 1.94. The highest BCUT2D eigenvalue weighted by Crippen LogP contribution is 2.25. The van der Waals surface area contributed by atoms with Crippen molar-refractivity contribution in [2.75, 3.05) is 6.61 Å². The molecule has 0 amide bonds. The molecule has 0 bridgehead atoms. The SMILES string of the molecule is CC(CCC(=O)O)OCC1CC=CCC1C. The molecule has 0 radical (unpaired) electrons. The lowest BCUT2D eigenvalue weighted by atomic mass is 9.85. The van der Waals surface area contributed by atoms with E-state index in [4.69, 9.17) is 9.84 Å². The van der Waals surface area contributed by atoms with Crippen LogP contribution in [-0.4, -0.2) is 23.8 Å². The van der Waals surface area contributed by atoms with E-state index in [0.29, 0.717) is 18.3 Å². The number of carbonyl (C=O) groups is 1. The first-order chi connectivity index (χ1) is 7.59. The Morgan fingerprint density at radius 1 is 1.50 bits per heavy atom. The van der Waals surface area contributed by atoms with E-state index in [2.05, 4.69) is 19.1 Å². The monoisotopic (exact) mass is 226 g/mol. The number of rotatable bonds is 6. The van der Waals surface area contributed by atoms with Crippen molar-refractivity contribution in [2.45, 2.75) is 45.6 Å². The summed E-state index contributed by atoms with van der Waals surface area (Å²) in [5, 5.41) is 8.56. The van der Waals surface area contributed by atoms with Gasteiger partial charge in [-0.2, -0.15) is 0 Å². The summed E-state index contributed by atoms with van der Waals surface area (Å²) in [6.07, 6.45) is 7.53. The second-order valence-electron chi connectivity index (χ2n) is 4.76. The molecule has 0 saturated heterocycles. The summed E-state index contributed by atoms with van der Waals surface area (Å²) in [4.78, 5) is 10.4. The maximum atomic E-state index is 10.4. The van der Waals surface area contributed by atoms with Crippen LogP contribution in [0.15, 0.2) is 12.2 Å². The molecule has 0 heterocycles. The van der Waals surface area contributed by atoms with Gasteiger partial charge in [-0.3, -0.25) is 4.79 Å². The summed E-state index contributed by atoms with van der Waals surface area (Å²) in [6.45, 7) is 4.96. The van der Waals surface area contributed by atoms with Gasteiger partial charge in [0.25, 0.3) is 0 Å². The lowest BCUT2D eigenvalue weighted by Crippen LogP contribution is -2.22. The van der Waals surface area contributed by atoms with E-state index < -0.39 is 5.97 Å². The average Bonchev–Trinajstić information content (AvgIpc) is 2.25. The predicted octanol–water partition coefficient (Wildman–Crippen LogP) is 2.86. The Bertz CT molecular complexity index is 248. The van der Waals surface area contributed by atoms with Gasteiger partial charge in [-0.25, -0.2) is 0 Å². The fourth-order valence-corrected chi connectivity index (χ4v) is 1.94. The topological polar surface area (TPSA) is 46.5 Å². The standard InChI is InChI=1S/C13H22O3/c1-10-5-3-4-6-12(10)9-16-11(2)7-8-13(14)15/h3-4,10-12H,5-9H2,1-2H3,(H,14,15). The summed E-state index contributed by atoms with van der Waals surface area (Å²) in [6, 6.07) is 0. The number of allylic oxidation sites excluding steroid dienone is 2. The number of carboxylic acid groups (broad SMARTS) is 1. The molecule has 1 aliphatic rings. The third-order valence-electron chi connectivity index (χ3n) is 3.28. The molecule has 92 valence electrons. The summed E-state index contributed by atoms with van der Waals surface area (Å²) in [7, 11) is 0. The van der Waals surface area contributed by atoms with E-state index >= 15 is 0 Å². The van der Waals surface area contributed by atoms with Crippen molar-refractivity contribution in [1.82, 2.24) is 0 Å². The van der Waals surface area contributed by atoms with Crippen LogP contribution in [0.3, 0.4) is 0 Å².